The Morgan fingerprint density at radius 1 is 0.333 bits per heavy atom. The van der Waals surface area contributed by atoms with Crippen LogP contribution in [0.3, 0.4) is 0 Å². The third-order valence-electron chi connectivity index (χ3n) is 7.86. The van der Waals surface area contributed by atoms with Gasteiger partial charge in [-0.3, -0.25) is 14.4 Å². The molecule has 318 valence electrons. The Kier molecular flexibility index (Phi) is 41.7. The number of hydrogen-bond donors (Lipinski definition) is 1. The lowest BCUT2D eigenvalue weighted by Gasteiger charge is -2.09. The maximum atomic E-state index is 11.9. The lowest BCUT2D eigenvalue weighted by atomic mass is 10.0. The molecule has 0 aromatic carbocycles. The summed E-state index contributed by atoms with van der Waals surface area (Å²) in [6.07, 6.45) is 16.5. The van der Waals surface area contributed by atoms with Gasteiger partial charge < -0.3 is 52.5 Å². The average Bonchev–Trinajstić information content (AvgIpc) is 3.16. The highest BCUT2D eigenvalue weighted by molar-refractivity contribution is 6.32. The molecule has 0 atom stereocenters. The zero-order valence-corrected chi connectivity index (χ0v) is 33.2. The van der Waals surface area contributed by atoms with E-state index in [4.69, 9.17) is 52.5 Å². The Labute approximate surface area is 323 Å². The molecule has 0 saturated carbocycles. The number of rotatable bonds is 45. The smallest absolute Gasteiger partial charge is 0.372 e. The van der Waals surface area contributed by atoms with E-state index in [1.54, 1.807) is 0 Å². The van der Waals surface area contributed by atoms with Gasteiger partial charge in [0, 0.05) is 12.8 Å². The fraction of sp³-hybridized carbons (Fsp3) is 0.897. The van der Waals surface area contributed by atoms with Crippen LogP contribution in [0.5, 0.6) is 0 Å². The van der Waals surface area contributed by atoms with Gasteiger partial charge in [-0.2, -0.15) is 0 Å². The third-order valence-corrected chi connectivity index (χ3v) is 7.86. The molecule has 0 fully saturated rings. The normalized spacial score (nSPS) is 11.2. The topological polar surface area (TPSA) is 181 Å². The van der Waals surface area contributed by atoms with E-state index in [1.807, 2.05) is 0 Å². The van der Waals surface area contributed by atoms with Crippen molar-refractivity contribution in [1.29, 1.82) is 0 Å². The summed E-state index contributed by atoms with van der Waals surface area (Å²) in [4.78, 5) is 44.5. The molecule has 54 heavy (non-hydrogen) atoms. The van der Waals surface area contributed by atoms with Crippen LogP contribution in [0.15, 0.2) is 0 Å². The first-order valence-electron chi connectivity index (χ1n) is 20.2. The fourth-order valence-electron chi connectivity index (χ4n) is 4.82. The van der Waals surface area contributed by atoms with Gasteiger partial charge in [0.1, 0.15) is 13.2 Å². The average molecular weight is 781 g/mol. The highest BCUT2D eigenvalue weighted by atomic mass is 16.6. The standard InChI is InChI=1S/C39H72O15/c1-2-3-4-5-6-7-8-9-10-11-12-13-14-15-37(41)53-34-32-51-30-28-49-26-24-47-22-20-45-18-19-46-21-23-48-25-27-50-29-31-52-33-35-54-38(42)17-16-36(40)39(43)44/h2-35H2,1H3,(H,43,44). The summed E-state index contributed by atoms with van der Waals surface area (Å²) >= 11 is 0. The molecule has 0 bridgehead atoms. The molecule has 0 aromatic heterocycles. The molecule has 0 heterocycles. The fourth-order valence-corrected chi connectivity index (χ4v) is 4.82. The van der Waals surface area contributed by atoms with Crippen LogP contribution in [0.4, 0.5) is 0 Å². The molecule has 1 N–H and O–H groups in total. The zero-order valence-electron chi connectivity index (χ0n) is 33.2. The van der Waals surface area contributed by atoms with Gasteiger partial charge in [-0.15, -0.1) is 0 Å². The van der Waals surface area contributed by atoms with Crippen molar-refractivity contribution < 1.29 is 71.7 Å². The Morgan fingerprint density at radius 2 is 0.593 bits per heavy atom. The molecular formula is C39H72O15. The van der Waals surface area contributed by atoms with Gasteiger partial charge in [-0.05, 0) is 6.42 Å². The number of esters is 2. The highest BCUT2D eigenvalue weighted by Gasteiger charge is 2.14. The summed E-state index contributed by atoms with van der Waals surface area (Å²) in [6.45, 7) is 9.08. The van der Waals surface area contributed by atoms with Gasteiger partial charge in [0.15, 0.2) is 0 Å². The maximum Gasteiger partial charge on any atom is 0.372 e. The Bertz CT molecular complexity index is 858. The number of Topliss-reactive ketones (excluding diaryl/α,β-unsaturated/α-hetero) is 1. The second-order valence-electron chi connectivity index (χ2n) is 12.6. The lowest BCUT2D eigenvalue weighted by Crippen LogP contribution is -2.17. The van der Waals surface area contributed by atoms with Crippen LogP contribution in [0.2, 0.25) is 0 Å². The summed E-state index contributed by atoms with van der Waals surface area (Å²) in [7, 11) is 0. The van der Waals surface area contributed by atoms with Gasteiger partial charge in [0.25, 0.3) is 0 Å². The molecule has 15 nitrogen and oxygen atoms in total. The van der Waals surface area contributed by atoms with E-state index >= 15 is 0 Å². The van der Waals surface area contributed by atoms with E-state index < -0.39 is 17.7 Å². The summed E-state index contributed by atoms with van der Waals surface area (Å²) < 4.78 is 53.5. The third kappa shape index (κ3) is 42.5. The van der Waals surface area contributed by atoms with Crippen molar-refractivity contribution >= 4 is 23.7 Å². The van der Waals surface area contributed by atoms with Crippen LogP contribution in [-0.2, 0) is 66.5 Å². The number of ketones is 1. The van der Waals surface area contributed by atoms with Crippen LogP contribution >= 0.6 is 0 Å². The summed E-state index contributed by atoms with van der Waals surface area (Å²) in [5.74, 6) is -3.39. The molecular weight excluding hydrogens is 708 g/mol. The van der Waals surface area contributed by atoms with Crippen molar-refractivity contribution in [2.75, 3.05) is 119 Å². The van der Waals surface area contributed by atoms with Gasteiger partial charge in [0.2, 0.25) is 5.78 Å². The number of aliphatic carboxylic acids is 1. The Hall–Kier alpha value is -2.24. The molecule has 0 unspecified atom stereocenters. The van der Waals surface area contributed by atoms with E-state index in [0.717, 1.165) is 12.8 Å². The van der Waals surface area contributed by atoms with E-state index in [2.05, 4.69) is 6.92 Å². The van der Waals surface area contributed by atoms with Crippen molar-refractivity contribution in [3.05, 3.63) is 0 Å². The van der Waals surface area contributed by atoms with Crippen LogP contribution in [0.25, 0.3) is 0 Å². The highest BCUT2D eigenvalue weighted by Crippen LogP contribution is 2.13. The second-order valence-corrected chi connectivity index (χ2v) is 12.6. The molecule has 0 radical (unpaired) electrons. The van der Waals surface area contributed by atoms with Gasteiger partial charge >= 0.3 is 17.9 Å². The van der Waals surface area contributed by atoms with E-state index in [9.17, 15) is 19.2 Å². The molecule has 0 rings (SSSR count). The lowest BCUT2D eigenvalue weighted by molar-refractivity contribution is -0.151. The van der Waals surface area contributed by atoms with Crippen molar-refractivity contribution in [2.24, 2.45) is 0 Å². The number of unbranched alkanes of at least 4 members (excludes halogenated alkanes) is 12. The van der Waals surface area contributed by atoms with Crippen LogP contribution in [0, 0.1) is 0 Å². The predicted octanol–water partition coefficient (Wildman–Crippen LogP) is 5.12. The summed E-state index contributed by atoms with van der Waals surface area (Å²) in [5, 5.41) is 8.45. The van der Waals surface area contributed by atoms with Crippen LogP contribution < -0.4 is 0 Å². The number of carboxylic acid groups (broad SMARTS) is 1. The van der Waals surface area contributed by atoms with E-state index in [-0.39, 0.29) is 38.6 Å². The Morgan fingerprint density at radius 3 is 0.889 bits per heavy atom. The predicted molar refractivity (Wildman–Crippen MR) is 201 cm³/mol. The number of carboxylic acids is 1. The number of hydrogen-bond acceptors (Lipinski definition) is 14. The second kappa shape index (κ2) is 43.5. The van der Waals surface area contributed by atoms with Gasteiger partial charge in [0.05, 0.1) is 112 Å². The largest absolute Gasteiger partial charge is 0.476 e. The molecule has 0 aliphatic rings. The molecule has 15 heteroatoms. The minimum Gasteiger partial charge on any atom is -0.476 e. The van der Waals surface area contributed by atoms with Crippen LogP contribution in [0.1, 0.15) is 110 Å². The minimum absolute atomic E-state index is 0.0120. The monoisotopic (exact) mass is 780 g/mol. The summed E-state index contributed by atoms with van der Waals surface area (Å²) in [5.41, 5.74) is 0. The van der Waals surface area contributed by atoms with E-state index in [0.29, 0.717) is 106 Å². The Balaban J connectivity index is 3.18. The van der Waals surface area contributed by atoms with E-state index in [1.165, 1.54) is 70.6 Å². The first-order chi connectivity index (χ1) is 26.5. The van der Waals surface area contributed by atoms with Crippen molar-refractivity contribution in [3.63, 3.8) is 0 Å². The summed E-state index contributed by atoms with van der Waals surface area (Å²) in [6, 6.07) is 0. The molecule has 0 amide bonds. The van der Waals surface area contributed by atoms with Crippen molar-refractivity contribution in [1.82, 2.24) is 0 Å². The quantitative estimate of drug-likeness (QED) is 0.0488. The number of carbonyl (C=O) groups is 4. The van der Waals surface area contributed by atoms with Crippen molar-refractivity contribution in [2.45, 2.75) is 110 Å². The van der Waals surface area contributed by atoms with Crippen LogP contribution in [-0.4, -0.2) is 148 Å². The molecule has 0 aliphatic heterocycles. The first kappa shape index (κ1) is 51.8. The first-order valence-corrected chi connectivity index (χ1v) is 20.2. The molecule has 0 spiro atoms. The maximum absolute atomic E-state index is 11.9. The molecule has 0 aliphatic carbocycles. The SMILES string of the molecule is CCCCCCCCCCCCCCCC(=O)OCCOCCOCCOCCOCCOCCOCCOCCOCCOC(=O)CCC(=O)C(=O)O. The number of carbonyl (C=O) groups excluding carboxylic acids is 3. The molecule has 0 saturated heterocycles. The molecule has 0 aromatic rings. The van der Waals surface area contributed by atoms with Gasteiger partial charge in [-0.1, -0.05) is 84.0 Å². The zero-order chi connectivity index (χ0) is 39.4. The number of ether oxygens (including phenoxy) is 10. The van der Waals surface area contributed by atoms with Crippen molar-refractivity contribution in [3.8, 4) is 0 Å². The minimum atomic E-state index is -1.56. The van der Waals surface area contributed by atoms with Gasteiger partial charge in [-0.25, -0.2) is 4.79 Å².